The first-order valence-corrected chi connectivity index (χ1v) is 9.35. The number of ether oxygens (including phenoxy) is 1. The number of hydrogen-bond donors (Lipinski definition) is 1. The lowest BCUT2D eigenvalue weighted by molar-refractivity contribution is -0.152. The Bertz CT molecular complexity index is 512. The monoisotopic (exact) mass is 353 g/mol. The van der Waals surface area contributed by atoms with E-state index < -0.39 is 23.6 Å². The zero-order valence-electron chi connectivity index (χ0n) is 15.8. The fraction of sp³-hybridized carbons (Fsp3) is 0.833. The molecule has 0 aromatic rings. The molecule has 0 bridgehead atoms. The van der Waals surface area contributed by atoms with Crippen LogP contribution in [0.1, 0.15) is 53.4 Å². The highest BCUT2D eigenvalue weighted by molar-refractivity contribution is 6.09. The molecule has 0 radical (unpaired) electrons. The predicted molar refractivity (Wildman–Crippen MR) is 93.9 cm³/mol. The van der Waals surface area contributed by atoms with Crippen molar-refractivity contribution < 1.29 is 19.1 Å². The summed E-state index contributed by atoms with van der Waals surface area (Å²) in [4.78, 5) is 40.8. The molecule has 2 aliphatic heterocycles. The number of amides is 3. The van der Waals surface area contributed by atoms with E-state index in [2.05, 4.69) is 24.1 Å². The SMILES string of the molecule is CCCCOC(=O)C(C)N1C(=O)NC2(CCN(CC(C)C)CC2)C1=O. The van der Waals surface area contributed by atoms with Crippen LogP contribution in [0.3, 0.4) is 0 Å². The van der Waals surface area contributed by atoms with Crippen LogP contribution in [0.25, 0.3) is 0 Å². The topological polar surface area (TPSA) is 79.0 Å². The predicted octanol–water partition coefficient (Wildman–Crippen LogP) is 1.76. The van der Waals surface area contributed by atoms with E-state index >= 15 is 0 Å². The molecule has 7 heteroatoms. The number of piperidine rings is 1. The van der Waals surface area contributed by atoms with Crippen LogP contribution in [0.5, 0.6) is 0 Å². The van der Waals surface area contributed by atoms with E-state index in [9.17, 15) is 14.4 Å². The van der Waals surface area contributed by atoms with E-state index in [1.165, 1.54) is 0 Å². The molecule has 1 N–H and O–H groups in total. The third-order valence-corrected chi connectivity index (χ3v) is 5.00. The number of rotatable bonds is 7. The van der Waals surface area contributed by atoms with Gasteiger partial charge >= 0.3 is 12.0 Å². The van der Waals surface area contributed by atoms with Crippen LogP contribution in [0, 0.1) is 5.92 Å². The van der Waals surface area contributed by atoms with Gasteiger partial charge in [0, 0.05) is 19.6 Å². The third kappa shape index (κ3) is 4.32. The van der Waals surface area contributed by atoms with Gasteiger partial charge in [0.25, 0.3) is 5.91 Å². The first-order valence-electron chi connectivity index (χ1n) is 9.35. The number of likely N-dealkylation sites (tertiary alicyclic amines) is 1. The maximum atomic E-state index is 12.9. The summed E-state index contributed by atoms with van der Waals surface area (Å²) in [6.45, 7) is 10.7. The number of carbonyl (C=O) groups is 3. The van der Waals surface area contributed by atoms with Crippen molar-refractivity contribution in [1.82, 2.24) is 15.1 Å². The molecule has 2 saturated heterocycles. The fourth-order valence-corrected chi connectivity index (χ4v) is 3.51. The Kier molecular flexibility index (Phi) is 6.43. The Morgan fingerprint density at radius 3 is 2.44 bits per heavy atom. The number of imide groups is 1. The van der Waals surface area contributed by atoms with Crippen molar-refractivity contribution in [2.24, 2.45) is 5.92 Å². The molecular weight excluding hydrogens is 322 g/mol. The summed E-state index contributed by atoms with van der Waals surface area (Å²) in [6.07, 6.45) is 2.85. The largest absolute Gasteiger partial charge is 0.464 e. The molecular formula is C18H31N3O4. The van der Waals surface area contributed by atoms with E-state index in [0.29, 0.717) is 25.4 Å². The number of nitrogens with one attached hydrogen (secondary N) is 1. The van der Waals surface area contributed by atoms with Gasteiger partial charge in [-0.05, 0) is 32.1 Å². The van der Waals surface area contributed by atoms with E-state index in [1.54, 1.807) is 6.92 Å². The molecule has 0 aliphatic carbocycles. The van der Waals surface area contributed by atoms with Crippen LogP contribution in [0.15, 0.2) is 0 Å². The summed E-state index contributed by atoms with van der Waals surface area (Å²) in [7, 11) is 0. The number of hydrogen-bond acceptors (Lipinski definition) is 5. The molecule has 0 aromatic heterocycles. The maximum absolute atomic E-state index is 12.9. The molecule has 0 aromatic carbocycles. The van der Waals surface area contributed by atoms with Crippen molar-refractivity contribution in [3.05, 3.63) is 0 Å². The van der Waals surface area contributed by atoms with E-state index in [1.807, 2.05) is 6.92 Å². The minimum absolute atomic E-state index is 0.290. The molecule has 1 atom stereocenters. The average molecular weight is 353 g/mol. The molecule has 2 rings (SSSR count). The highest BCUT2D eigenvalue weighted by atomic mass is 16.5. The molecule has 1 spiro atoms. The lowest BCUT2D eigenvalue weighted by Crippen LogP contribution is -2.55. The summed E-state index contributed by atoms with van der Waals surface area (Å²) >= 11 is 0. The van der Waals surface area contributed by atoms with Crippen molar-refractivity contribution >= 4 is 17.9 Å². The minimum atomic E-state index is -0.891. The van der Waals surface area contributed by atoms with Crippen LogP contribution in [0.4, 0.5) is 4.79 Å². The van der Waals surface area contributed by atoms with Gasteiger partial charge in [0.05, 0.1) is 6.61 Å². The number of carbonyl (C=O) groups excluding carboxylic acids is 3. The second-order valence-corrected chi connectivity index (χ2v) is 7.58. The minimum Gasteiger partial charge on any atom is -0.464 e. The first-order chi connectivity index (χ1) is 11.8. The lowest BCUT2D eigenvalue weighted by Gasteiger charge is -2.38. The van der Waals surface area contributed by atoms with Gasteiger partial charge in [-0.25, -0.2) is 14.5 Å². The van der Waals surface area contributed by atoms with Crippen LogP contribution in [-0.4, -0.2) is 65.5 Å². The summed E-state index contributed by atoms with van der Waals surface area (Å²) in [5.41, 5.74) is -0.859. The smallest absolute Gasteiger partial charge is 0.329 e. The molecule has 7 nitrogen and oxygen atoms in total. The molecule has 142 valence electrons. The van der Waals surface area contributed by atoms with Crippen molar-refractivity contribution in [2.75, 3.05) is 26.2 Å². The van der Waals surface area contributed by atoms with Crippen LogP contribution >= 0.6 is 0 Å². The third-order valence-electron chi connectivity index (χ3n) is 5.00. The maximum Gasteiger partial charge on any atom is 0.329 e. The number of unbranched alkanes of at least 4 members (excludes halogenated alkanes) is 1. The van der Waals surface area contributed by atoms with Crippen LogP contribution < -0.4 is 5.32 Å². The fourth-order valence-electron chi connectivity index (χ4n) is 3.51. The number of nitrogens with zero attached hydrogens (tertiary/aromatic N) is 2. The zero-order valence-corrected chi connectivity index (χ0v) is 15.8. The van der Waals surface area contributed by atoms with Crippen molar-refractivity contribution in [3.63, 3.8) is 0 Å². The van der Waals surface area contributed by atoms with Crippen LogP contribution in [0.2, 0.25) is 0 Å². The molecule has 2 heterocycles. The van der Waals surface area contributed by atoms with Gasteiger partial charge in [0.1, 0.15) is 11.6 Å². The molecule has 3 amide bonds. The average Bonchev–Trinajstić information content (AvgIpc) is 2.79. The Balaban J connectivity index is 1.99. The second-order valence-electron chi connectivity index (χ2n) is 7.58. The van der Waals surface area contributed by atoms with Crippen LogP contribution in [-0.2, 0) is 14.3 Å². The van der Waals surface area contributed by atoms with Crippen molar-refractivity contribution in [3.8, 4) is 0 Å². The van der Waals surface area contributed by atoms with Gasteiger partial charge in [-0.2, -0.15) is 0 Å². The van der Waals surface area contributed by atoms with Gasteiger partial charge in [0.2, 0.25) is 0 Å². The quantitative estimate of drug-likeness (QED) is 0.429. The summed E-state index contributed by atoms with van der Waals surface area (Å²) in [5, 5.41) is 2.85. The Morgan fingerprint density at radius 1 is 1.24 bits per heavy atom. The van der Waals surface area contributed by atoms with Gasteiger partial charge in [-0.15, -0.1) is 0 Å². The highest BCUT2D eigenvalue weighted by Crippen LogP contribution is 2.31. The molecule has 0 saturated carbocycles. The lowest BCUT2D eigenvalue weighted by atomic mass is 9.87. The molecule has 2 fully saturated rings. The molecule has 1 unspecified atom stereocenters. The Labute approximate surface area is 150 Å². The highest BCUT2D eigenvalue weighted by Gasteiger charge is 2.54. The van der Waals surface area contributed by atoms with E-state index in [-0.39, 0.29) is 5.91 Å². The molecule has 25 heavy (non-hydrogen) atoms. The van der Waals surface area contributed by atoms with Gasteiger partial charge in [-0.1, -0.05) is 27.2 Å². The number of urea groups is 1. The van der Waals surface area contributed by atoms with Gasteiger partial charge < -0.3 is 15.0 Å². The van der Waals surface area contributed by atoms with Gasteiger partial charge in [-0.3, -0.25) is 4.79 Å². The Hall–Kier alpha value is -1.63. The summed E-state index contributed by atoms with van der Waals surface area (Å²) in [5.74, 6) is -0.245. The van der Waals surface area contributed by atoms with Crippen molar-refractivity contribution in [2.45, 2.75) is 65.0 Å². The zero-order chi connectivity index (χ0) is 18.6. The second kappa shape index (κ2) is 8.17. The number of esters is 1. The van der Waals surface area contributed by atoms with Crippen molar-refractivity contribution in [1.29, 1.82) is 0 Å². The van der Waals surface area contributed by atoms with E-state index in [0.717, 1.165) is 37.4 Å². The first kappa shape index (κ1) is 19.7. The standard InChI is InChI=1S/C18H31N3O4/c1-5-6-11-25-15(22)14(4)21-16(23)18(19-17(21)24)7-9-20(10-8-18)12-13(2)3/h13-14H,5-12H2,1-4H3,(H,19,24). The Morgan fingerprint density at radius 2 is 1.88 bits per heavy atom. The summed E-state index contributed by atoms with van der Waals surface area (Å²) in [6, 6.07) is -1.38. The molecule has 2 aliphatic rings. The van der Waals surface area contributed by atoms with E-state index in [4.69, 9.17) is 4.74 Å². The summed E-state index contributed by atoms with van der Waals surface area (Å²) < 4.78 is 5.17. The normalized spacial score (nSPS) is 21.7. The van der Waals surface area contributed by atoms with Gasteiger partial charge in [0.15, 0.2) is 0 Å².